The minimum absolute atomic E-state index is 0.260. The number of nitrogens with zero attached hydrogens (tertiary/aromatic N) is 2. The molecule has 2 aromatic carbocycles. The van der Waals surface area contributed by atoms with Crippen molar-refractivity contribution >= 4 is 40.7 Å². The van der Waals surface area contributed by atoms with Crippen molar-refractivity contribution in [1.29, 1.82) is 0 Å². The Kier molecular flexibility index (Phi) is 5.36. The molecule has 0 unspecified atom stereocenters. The Labute approximate surface area is 155 Å². The predicted octanol–water partition coefficient (Wildman–Crippen LogP) is 5.59. The van der Waals surface area contributed by atoms with Gasteiger partial charge in [-0.3, -0.25) is 0 Å². The first-order chi connectivity index (χ1) is 12.0. The zero-order valence-electron chi connectivity index (χ0n) is 13.4. The highest BCUT2D eigenvalue weighted by atomic mass is 35.5. The van der Waals surface area contributed by atoms with Crippen LogP contribution in [-0.2, 0) is 6.54 Å². The molecule has 0 bridgehead atoms. The first-order valence-corrected chi connectivity index (χ1v) is 8.31. The average molecular weight is 377 g/mol. The molecule has 0 radical (unpaired) electrons. The monoisotopic (exact) mass is 376 g/mol. The van der Waals surface area contributed by atoms with E-state index in [-0.39, 0.29) is 5.82 Å². The second kappa shape index (κ2) is 7.68. The number of anilines is 3. The van der Waals surface area contributed by atoms with Gasteiger partial charge in [-0.1, -0.05) is 35.3 Å². The van der Waals surface area contributed by atoms with Crippen LogP contribution in [0.25, 0.3) is 0 Å². The maximum Gasteiger partial charge on any atom is 0.225 e. The lowest BCUT2D eigenvalue weighted by Gasteiger charge is -2.10. The Hall–Kier alpha value is -2.37. The molecule has 0 aliphatic heterocycles. The fourth-order valence-electron chi connectivity index (χ4n) is 2.22. The number of halogens is 3. The van der Waals surface area contributed by atoms with E-state index in [4.69, 9.17) is 23.2 Å². The van der Waals surface area contributed by atoms with Gasteiger partial charge in [-0.2, -0.15) is 4.98 Å². The maximum atomic E-state index is 12.9. The van der Waals surface area contributed by atoms with Crippen LogP contribution >= 0.6 is 23.2 Å². The summed E-state index contributed by atoms with van der Waals surface area (Å²) >= 11 is 12.0. The fraction of sp³-hybridized carbons (Fsp3) is 0.111. The molecule has 2 N–H and O–H groups in total. The van der Waals surface area contributed by atoms with Gasteiger partial charge in [0.25, 0.3) is 0 Å². The molecule has 0 aliphatic rings. The van der Waals surface area contributed by atoms with Gasteiger partial charge >= 0.3 is 0 Å². The fourth-order valence-corrected chi connectivity index (χ4v) is 2.51. The average Bonchev–Trinajstić information content (AvgIpc) is 2.57. The quantitative estimate of drug-likeness (QED) is 0.609. The van der Waals surface area contributed by atoms with Crippen LogP contribution in [0.3, 0.4) is 0 Å². The molecule has 128 valence electrons. The van der Waals surface area contributed by atoms with Crippen LogP contribution in [0.5, 0.6) is 0 Å². The largest absolute Gasteiger partial charge is 0.350 e. The summed E-state index contributed by atoms with van der Waals surface area (Å²) in [6.07, 6.45) is 0. The lowest BCUT2D eigenvalue weighted by atomic mass is 10.2. The van der Waals surface area contributed by atoms with E-state index in [1.807, 2.05) is 19.1 Å². The summed E-state index contributed by atoms with van der Waals surface area (Å²) < 4.78 is 12.9. The summed E-state index contributed by atoms with van der Waals surface area (Å²) in [4.78, 5) is 8.79. The highest BCUT2D eigenvalue weighted by molar-refractivity contribution is 6.42. The van der Waals surface area contributed by atoms with Crippen molar-refractivity contribution in [2.75, 3.05) is 10.6 Å². The molecule has 3 rings (SSSR count). The molecular weight excluding hydrogens is 362 g/mol. The van der Waals surface area contributed by atoms with Crippen LogP contribution in [0.4, 0.5) is 21.8 Å². The molecule has 1 aromatic heterocycles. The minimum Gasteiger partial charge on any atom is -0.350 e. The van der Waals surface area contributed by atoms with E-state index in [0.29, 0.717) is 28.4 Å². The molecule has 1 heterocycles. The standard InChI is InChI=1S/C18H15Cl2FN4/c1-11-8-17(24-14-6-7-15(19)16(20)9-14)25-18(23-11)22-10-12-2-4-13(21)5-3-12/h2-9H,10H2,1H3,(H2,22,23,24,25). The number of hydrogen-bond donors (Lipinski definition) is 2. The van der Waals surface area contributed by atoms with E-state index in [1.54, 1.807) is 24.3 Å². The van der Waals surface area contributed by atoms with Crippen LogP contribution in [0.15, 0.2) is 48.5 Å². The Balaban J connectivity index is 1.73. The van der Waals surface area contributed by atoms with Gasteiger partial charge in [-0.15, -0.1) is 0 Å². The third-order valence-electron chi connectivity index (χ3n) is 3.41. The molecular formula is C18H15Cl2FN4. The number of rotatable bonds is 5. The van der Waals surface area contributed by atoms with Crippen LogP contribution in [0.2, 0.25) is 10.0 Å². The van der Waals surface area contributed by atoms with Crippen molar-refractivity contribution in [2.24, 2.45) is 0 Å². The summed E-state index contributed by atoms with van der Waals surface area (Å²) in [5.41, 5.74) is 2.52. The van der Waals surface area contributed by atoms with Crippen LogP contribution in [-0.4, -0.2) is 9.97 Å². The van der Waals surface area contributed by atoms with Crippen molar-refractivity contribution < 1.29 is 4.39 Å². The topological polar surface area (TPSA) is 49.8 Å². The maximum absolute atomic E-state index is 12.9. The Morgan fingerprint density at radius 2 is 1.72 bits per heavy atom. The zero-order valence-corrected chi connectivity index (χ0v) is 14.9. The van der Waals surface area contributed by atoms with Gasteiger partial charge in [0.15, 0.2) is 0 Å². The van der Waals surface area contributed by atoms with E-state index in [2.05, 4.69) is 20.6 Å². The normalized spacial score (nSPS) is 10.6. The van der Waals surface area contributed by atoms with Gasteiger partial charge in [-0.05, 0) is 42.8 Å². The molecule has 0 saturated carbocycles. The molecule has 0 fully saturated rings. The smallest absolute Gasteiger partial charge is 0.225 e. The third-order valence-corrected chi connectivity index (χ3v) is 4.15. The van der Waals surface area contributed by atoms with Crippen LogP contribution in [0, 0.1) is 12.7 Å². The number of aryl methyl sites for hydroxylation is 1. The van der Waals surface area contributed by atoms with Crippen molar-refractivity contribution in [2.45, 2.75) is 13.5 Å². The zero-order chi connectivity index (χ0) is 17.8. The Morgan fingerprint density at radius 3 is 2.44 bits per heavy atom. The highest BCUT2D eigenvalue weighted by Gasteiger charge is 2.05. The van der Waals surface area contributed by atoms with Crippen LogP contribution in [0.1, 0.15) is 11.3 Å². The van der Waals surface area contributed by atoms with Gasteiger partial charge in [0.05, 0.1) is 10.0 Å². The van der Waals surface area contributed by atoms with E-state index in [1.165, 1.54) is 12.1 Å². The SMILES string of the molecule is Cc1cc(Nc2ccc(Cl)c(Cl)c2)nc(NCc2ccc(F)cc2)n1. The van der Waals surface area contributed by atoms with E-state index >= 15 is 0 Å². The van der Waals surface area contributed by atoms with E-state index in [0.717, 1.165) is 16.9 Å². The molecule has 0 amide bonds. The van der Waals surface area contributed by atoms with E-state index in [9.17, 15) is 4.39 Å². The summed E-state index contributed by atoms with van der Waals surface area (Å²) in [6, 6.07) is 13.4. The second-order valence-electron chi connectivity index (χ2n) is 5.45. The van der Waals surface area contributed by atoms with Crippen molar-refractivity contribution in [3.8, 4) is 0 Å². The molecule has 0 aliphatic carbocycles. The van der Waals surface area contributed by atoms with Crippen molar-refractivity contribution in [3.63, 3.8) is 0 Å². The molecule has 25 heavy (non-hydrogen) atoms. The number of aromatic nitrogens is 2. The molecule has 3 aromatic rings. The van der Waals surface area contributed by atoms with Crippen molar-refractivity contribution in [1.82, 2.24) is 9.97 Å². The molecule has 0 spiro atoms. The molecule has 4 nitrogen and oxygen atoms in total. The third kappa shape index (κ3) is 4.81. The Bertz CT molecular complexity index is 885. The first kappa shape index (κ1) is 17.5. The lowest BCUT2D eigenvalue weighted by Crippen LogP contribution is -2.06. The molecule has 7 heteroatoms. The first-order valence-electron chi connectivity index (χ1n) is 7.56. The number of hydrogen-bond acceptors (Lipinski definition) is 4. The predicted molar refractivity (Wildman–Crippen MR) is 100 cm³/mol. The number of nitrogens with one attached hydrogen (secondary N) is 2. The second-order valence-corrected chi connectivity index (χ2v) is 6.27. The van der Waals surface area contributed by atoms with Gasteiger partial charge in [0.2, 0.25) is 5.95 Å². The van der Waals surface area contributed by atoms with Crippen LogP contribution < -0.4 is 10.6 Å². The molecule has 0 atom stereocenters. The van der Waals surface area contributed by atoms with Gasteiger partial charge in [0.1, 0.15) is 11.6 Å². The summed E-state index contributed by atoms with van der Waals surface area (Å²) in [5, 5.41) is 7.27. The molecule has 0 saturated heterocycles. The lowest BCUT2D eigenvalue weighted by molar-refractivity contribution is 0.627. The minimum atomic E-state index is -0.260. The van der Waals surface area contributed by atoms with E-state index < -0.39 is 0 Å². The Morgan fingerprint density at radius 1 is 0.960 bits per heavy atom. The summed E-state index contributed by atoms with van der Waals surface area (Å²) in [6.45, 7) is 2.38. The highest BCUT2D eigenvalue weighted by Crippen LogP contribution is 2.26. The van der Waals surface area contributed by atoms with Gasteiger partial charge in [0, 0.05) is 24.0 Å². The summed E-state index contributed by atoms with van der Waals surface area (Å²) in [5.74, 6) is 0.850. The van der Waals surface area contributed by atoms with Gasteiger partial charge < -0.3 is 10.6 Å². The van der Waals surface area contributed by atoms with Crippen molar-refractivity contribution in [3.05, 3.63) is 75.7 Å². The van der Waals surface area contributed by atoms with Gasteiger partial charge in [-0.25, -0.2) is 9.37 Å². The summed E-state index contributed by atoms with van der Waals surface area (Å²) in [7, 11) is 0. The number of benzene rings is 2.